The second-order valence-electron chi connectivity index (χ2n) is 5.49. The van der Waals surface area contributed by atoms with E-state index >= 15 is 0 Å². The minimum atomic E-state index is -0.686. The summed E-state index contributed by atoms with van der Waals surface area (Å²) >= 11 is 0. The predicted octanol–water partition coefficient (Wildman–Crippen LogP) is 2.96. The molecule has 0 bridgehead atoms. The molecule has 0 fully saturated rings. The zero-order chi connectivity index (χ0) is 15.4. The fourth-order valence-electron chi connectivity index (χ4n) is 2.80. The third-order valence-corrected chi connectivity index (χ3v) is 4.00. The molecule has 0 heterocycles. The van der Waals surface area contributed by atoms with Crippen LogP contribution >= 0.6 is 0 Å². The fourth-order valence-corrected chi connectivity index (χ4v) is 2.80. The van der Waals surface area contributed by atoms with Gasteiger partial charge < -0.3 is 15.2 Å². The quantitative estimate of drug-likeness (QED) is 0.915. The van der Waals surface area contributed by atoms with Crippen molar-refractivity contribution in [1.29, 1.82) is 0 Å². The van der Waals surface area contributed by atoms with E-state index in [1.165, 1.54) is 0 Å². The van der Waals surface area contributed by atoms with Crippen LogP contribution in [-0.2, 0) is 17.8 Å². The van der Waals surface area contributed by atoms with E-state index in [1.54, 1.807) is 0 Å². The molecule has 22 heavy (non-hydrogen) atoms. The maximum atomic E-state index is 11.9. The van der Waals surface area contributed by atoms with Crippen LogP contribution in [0.1, 0.15) is 29.2 Å². The molecule has 2 N–H and O–H groups in total. The fraction of sp³-hybridized carbons (Fsp3) is 0.278. The molecule has 4 heteroatoms. The molecule has 1 aliphatic rings. The number of aliphatic hydroxyl groups is 1. The Labute approximate surface area is 129 Å². The number of hydrogen-bond acceptors (Lipinski definition) is 3. The molecule has 0 radical (unpaired) electrons. The Bertz CT molecular complexity index is 642. The maximum Gasteiger partial charge on any atom is 0.407 e. The standard InChI is InChI=1S/C18H19NO3/c20-17-15-9-5-4-8-14(15)10-11-16(17)19-18(21)22-12-13-6-2-1-3-7-13/h1-9,16-17,20H,10-12H2,(H,19,21)/t16-,17-/m0/s1. The van der Waals surface area contributed by atoms with E-state index in [4.69, 9.17) is 4.74 Å². The number of carbonyl (C=O) groups excluding carboxylic acids is 1. The van der Waals surface area contributed by atoms with Crippen molar-refractivity contribution in [2.75, 3.05) is 0 Å². The molecular formula is C18H19NO3. The van der Waals surface area contributed by atoms with Gasteiger partial charge in [0.05, 0.1) is 12.1 Å². The first-order chi connectivity index (χ1) is 10.7. The van der Waals surface area contributed by atoms with E-state index in [2.05, 4.69) is 5.32 Å². The van der Waals surface area contributed by atoms with Gasteiger partial charge in [0.25, 0.3) is 0 Å². The highest BCUT2D eigenvalue weighted by atomic mass is 16.5. The Balaban J connectivity index is 1.56. The van der Waals surface area contributed by atoms with Crippen molar-refractivity contribution < 1.29 is 14.6 Å². The number of fused-ring (bicyclic) bond motifs is 1. The minimum Gasteiger partial charge on any atom is -0.445 e. The highest BCUT2D eigenvalue weighted by Crippen LogP contribution is 2.29. The first-order valence-electron chi connectivity index (χ1n) is 7.47. The number of aliphatic hydroxyl groups excluding tert-OH is 1. The van der Waals surface area contributed by atoms with Gasteiger partial charge in [0.2, 0.25) is 0 Å². The molecule has 0 saturated carbocycles. The van der Waals surface area contributed by atoms with Crippen molar-refractivity contribution in [1.82, 2.24) is 5.32 Å². The van der Waals surface area contributed by atoms with Crippen LogP contribution in [0.5, 0.6) is 0 Å². The smallest absolute Gasteiger partial charge is 0.407 e. The Morgan fingerprint density at radius 2 is 1.86 bits per heavy atom. The zero-order valence-corrected chi connectivity index (χ0v) is 12.2. The highest BCUT2D eigenvalue weighted by molar-refractivity contribution is 5.67. The summed E-state index contributed by atoms with van der Waals surface area (Å²) < 4.78 is 5.21. The average Bonchev–Trinajstić information content (AvgIpc) is 2.57. The lowest BCUT2D eigenvalue weighted by atomic mass is 9.86. The lowest BCUT2D eigenvalue weighted by molar-refractivity contribution is 0.0937. The van der Waals surface area contributed by atoms with Crippen LogP contribution in [0.2, 0.25) is 0 Å². The first kappa shape index (κ1) is 14.6. The monoisotopic (exact) mass is 297 g/mol. The van der Waals surface area contributed by atoms with Gasteiger partial charge in [0.15, 0.2) is 0 Å². The zero-order valence-electron chi connectivity index (χ0n) is 12.2. The van der Waals surface area contributed by atoms with E-state index in [0.29, 0.717) is 6.42 Å². The third kappa shape index (κ3) is 3.28. The summed E-state index contributed by atoms with van der Waals surface area (Å²) in [5.41, 5.74) is 2.97. The Morgan fingerprint density at radius 1 is 1.14 bits per heavy atom. The summed E-state index contributed by atoms with van der Waals surface area (Å²) in [6, 6.07) is 17.0. The second kappa shape index (κ2) is 6.62. The van der Waals surface area contributed by atoms with Crippen LogP contribution in [0.3, 0.4) is 0 Å². The molecular weight excluding hydrogens is 278 g/mol. The summed E-state index contributed by atoms with van der Waals surface area (Å²) in [5.74, 6) is 0. The summed E-state index contributed by atoms with van der Waals surface area (Å²) in [6.45, 7) is 0.228. The number of nitrogens with one attached hydrogen (secondary N) is 1. The first-order valence-corrected chi connectivity index (χ1v) is 7.47. The molecule has 1 amide bonds. The van der Waals surface area contributed by atoms with Crippen LogP contribution in [0, 0.1) is 0 Å². The molecule has 0 saturated heterocycles. The van der Waals surface area contributed by atoms with Crippen LogP contribution in [0.25, 0.3) is 0 Å². The number of alkyl carbamates (subject to hydrolysis) is 1. The molecule has 3 rings (SSSR count). The van der Waals surface area contributed by atoms with Crippen molar-refractivity contribution in [2.45, 2.75) is 31.6 Å². The molecule has 4 nitrogen and oxygen atoms in total. The SMILES string of the molecule is O=C(N[C@H]1CCc2ccccc2[C@@H]1O)OCc1ccccc1. The molecule has 0 aromatic heterocycles. The lowest BCUT2D eigenvalue weighted by Crippen LogP contribution is -2.42. The minimum absolute atomic E-state index is 0.228. The van der Waals surface area contributed by atoms with Crippen molar-refractivity contribution >= 4 is 6.09 Å². The van der Waals surface area contributed by atoms with E-state index < -0.39 is 12.2 Å². The van der Waals surface area contributed by atoms with Gasteiger partial charge in [0.1, 0.15) is 6.61 Å². The number of carbonyl (C=O) groups is 1. The van der Waals surface area contributed by atoms with E-state index in [-0.39, 0.29) is 12.6 Å². The van der Waals surface area contributed by atoms with Gasteiger partial charge in [-0.2, -0.15) is 0 Å². The van der Waals surface area contributed by atoms with E-state index in [1.807, 2.05) is 54.6 Å². The van der Waals surface area contributed by atoms with Gasteiger partial charge in [-0.1, -0.05) is 54.6 Å². The summed E-state index contributed by atoms with van der Waals surface area (Å²) in [7, 11) is 0. The van der Waals surface area contributed by atoms with Gasteiger partial charge in [-0.15, -0.1) is 0 Å². The average molecular weight is 297 g/mol. The van der Waals surface area contributed by atoms with Gasteiger partial charge in [-0.25, -0.2) is 4.79 Å². The number of hydrogen-bond donors (Lipinski definition) is 2. The van der Waals surface area contributed by atoms with Crippen molar-refractivity contribution in [3.8, 4) is 0 Å². The van der Waals surface area contributed by atoms with Crippen LogP contribution in [-0.4, -0.2) is 17.2 Å². The largest absolute Gasteiger partial charge is 0.445 e. The van der Waals surface area contributed by atoms with Crippen LogP contribution < -0.4 is 5.32 Å². The van der Waals surface area contributed by atoms with Gasteiger partial charge in [0, 0.05) is 0 Å². The van der Waals surface area contributed by atoms with Gasteiger partial charge >= 0.3 is 6.09 Å². The summed E-state index contributed by atoms with van der Waals surface area (Å²) in [4.78, 5) is 11.9. The normalized spacial score (nSPS) is 20.0. The van der Waals surface area contributed by atoms with Crippen molar-refractivity contribution in [3.05, 3.63) is 71.3 Å². The highest BCUT2D eigenvalue weighted by Gasteiger charge is 2.29. The van der Waals surface area contributed by atoms with Crippen molar-refractivity contribution in [2.24, 2.45) is 0 Å². The van der Waals surface area contributed by atoms with Crippen molar-refractivity contribution in [3.63, 3.8) is 0 Å². The number of amides is 1. The molecule has 114 valence electrons. The predicted molar refractivity (Wildman–Crippen MR) is 83.3 cm³/mol. The second-order valence-corrected chi connectivity index (χ2v) is 5.49. The van der Waals surface area contributed by atoms with E-state index in [0.717, 1.165) is 23.1 Å². The lowest BCUT2D eigenvalue weighted by Gasteiger charge is -2.30. The molecule has 2 aromatic rings. The Hall–Kier alpha value is -2.33. The maximum absolute atomic E-state index is 11.9. The summed E-state index contributed by atoms with van der Waals surface area (Å²) in [5, 5.41) is 13.2. The van der Waals surface area contributed by atoms with E-state index in [9.17, 15) is 9.90 Å². The third-order valence-electron chi connectivity index (χ3n) is 4.00. The molecule has 2 atom stereocenters. The Morgan fingerprint density at radius 3 is 2.68 bits per heavy atom. The number of benzene rings is 2. The van der Waals surface area contributed by atoms with Gasteiger partial charge in [-0.3, -0.25) is 0 Å². The van der Waals surface area contributed by atoms with Crippen LogP contribution in [0.4, 0.5) is 4.79 Å². The molecule has 1 aliphatic carbocycles. The molecule has 0 spiro atoms. The number of ether oxygens (including phenoxy) is 1. The Kier molecular flexibility index (Phi) is 4.39. The number of rotatable bonds is 3. The van der Waals surface area contributed by atoms with Gasteiger partial charge in [-0.05, 0) is 29.5 Å². The number of aryl methyl sites for hydroxylation is 1. The molecule has 2 aromatic carbocycles. The summed E-state index contributed by atoms with van der Waals surface area (Å²) in [6.07, 6.45) is 0.372. The molecule has 0 unspecified atom stereocenters. The van der Waals surface area contributed by atoms with Crippen LogP contribution in [0.15, 0.2) is 54.6 Å². The topological polar surface area (TPSA) is 58.6 Å². The molecule has 0 aliphatic heterocycles.